The van der Waals surface area contributed by atoms with Gasteiger partial charge in [-0.25, -0.2) is 0 Å². The van der Waals surface area contributed by atoms with Crippen molar-refractivity contribution in [3.63, 3.8) is 0 Å². The van der Waals surface area contributed by atoms with Crippen LogP contribution in [0.4, 0.5) is 0 Å². The maximum Gasteiger partial charge on any atom is 0.0950 e. The van der Waals surface area contributed by atoms with E-state index in [4.69, 9.17) is 5.26 Å². The molecule has 0 N–H and O–H groups in total. The summed E-state index contributed by atoms with van der Waals surface area (Å²) in [6.07, 6.45) is 0. The van der Waals surface area contributed by atoms with Crippen LogP contribution in [0.25, 0.3) is 0 Å². The van der Waals surface area contributed by atoms with Gasteiger partial charge in [-0.05, 0) is 19.4 Å². The first-order valence-corrected chi connectivity index (χ1v) is 6.60. The number of benzene rings is 1. The standard InChI is InChI=1S/C15H21N3/c1-13-3-5-15(6-4-13)12-17-7-9-18(10-8-17)14(2)11-16/h3-6,14H,7-10,12H2,1-2H3. The molecule has 0 saturated carbocycles. The molecule has 1 atom stereocenters. The molecule has 0 aliphatic carbocycles. The maximum atomic E-state index is 8.91. The molecule has 3 nitrogen and oxygen atoms in total. The van der Waals surface area contributed by atoms with Crippen LogP contribution in [0, 0.1) is 18.3 Å². The van der Waals surface area contributed by atoms with Crippen LogP contribution in [0.5, 0.6) is 0 Å². The van der Waals surface area contributed by atoms with Gasteiger partial charge in [0.15, 0.2) is 0 Å². The minimum Gasteiger partial charge on any atom is -0.297 e. The summed E-state index contributed by atoms with van der Waals surface area (Å²) in [5.41, 5.74) is 2.69. The molecule has 0 aromatic heterocycles. The number of aryl methyl sites for hydroxylation is 1. The highest BCUT2D eigenvalue weighted by Crippen LogP contribution is 2.11. The molecule has 96 valence electrons. The van der Waals surface area contributed by atoms with Crippen molar-refractivity contribution >= 4 is 0 Å². The van der Waals surface area contributed by atoms with Crippen LogP contribution >= 0.6 is 0 Å². The van der Waals surface area contributed by atoms with Crippen LogP contribution in [0.15, 0.2) is 24.3 Å². The Labute approximate surface area is 110 Å². The summed E-state index contributed by atoms with van der Waals surface area (Å²) < 4.78 is 0. The number of nitriles is 1. The first-order valence-electron chi connectivity index (χ1n) is 6.60. The lowest BCUT2D eigenvalue weighted by Gasteiger charge is -2.35. The average molecular weight is 243 g/mol. The summed E-state index contributed by atoms with van der Waals surface area (Å²) in [6.45, 7) is 9.23. The van der Waals surface area contributed by atoms with Crippen molar-refractivity contribution in [2.24, 2.45) is 0 Å². The van der Waals surface area contributed by atoms with Crippen LogP contribution in [-0.4, -0.2) is 42.0 Å². The molecule has 1 fully saturated rings. The van der Waals surface area contributed by atoms with Gasteiger partial charge in [-0.3, -0.25) is 9.80 Å². The van der Waals surface area contributed by atoms with Crippen molar-refractivity contribution in [1.82, 2.24) is 9.80 Å². The number of piperazine rings is 1. The lowest BCUT2D eigenvalue weighted by Crippen LogP contribution is -2.48. The minimum atomic E-state index is 0.0477. The predicted molar refractivity (Wildman–Crippen MR) is 73.1 cm³/mol. The maximum absolute atomic E-state index is 8.91. The minimum absolute atomic E-state index is 0.0477. The second-order valence-corrected chi connectivity index (χ2v) is 5.10. The summed E-state index contributed by atoms with van der Waals surface area (Å²) in [7, 11) is 0. The van der Waals surface area contributed by atoms with Crippen molar-refractivity contribution in [3.05, 3.63) is 35.4 Å². The van der Waals surface area contributed by atoms with Crippen molar-refractivity contribution in [2.75, 3.05) is 26.2 Å². The van der Waals surface area contributed by atoms with Gasteiger partial charge in [0.05, 0.1) is 12.1 Å². The molecule has 1 unspecified atom stereocenters. The second kappa shape index (κ2) is 5.99. The zero-order valence-corrected chi connectivity index (χ0v) is 11.3. The van der Waals surface area contributed by atoms with Gasteiger partial charge in [0.25, 0.3) is 0 Å². The van der Waals surface area contributed by atoms with Crippen LogP contribution in [0.2, 0.25) is 0 Å². The first kappa shape index (κ1) is 13.1. The molecule has 1 saturated heterocycles. The van der Waals surface area contributed by atoms with Crippen molar-refractivity contribution in [3.8, 4) is 6.07 Å². The predicted octanol–water partition coefficient (Wildman–Crippen LogP) is 2.02. The van der Waals surface area contributed by atoms with E-state index in [0.717, 1.165) is 32.7 Å². The lowest BCUT2D eigenvalue weighted by atomic mass is 10.1. The number of rotatable bonds is 3. The Morgan fingerprint density at radius 1 is 1.17 bits per heavy atom. The molecule has 1 aromatic rings. The Morgan fingerprint density at radius 2 is 1.78 bits per heavy atom. The molecule has 2 rings (SSSR count). The Bertz CT molecular complexity index is 410. The van der Waals surface area contributed by atoms with Gasteiger partial charge in [0.1, 0.15) is 0 Å². The third kappa shape index (κ3) is 3.32. The third-order valence-electron chi connectivity index (χ3n) is 3.67. The number of hydrogen-bond acceptors (Lipinski definition) is 3. The van der Waals surface area contributed by atoms with Crippen LogP contribution in [0.1, 0.15) is 18.1 Å². The quantitative estimate of drug-likeness (QED) is 0.813. The van der Waals surface area contributed by atoms with E-state index in [-0.39, 0.29) is 6.04 Å². The summed E-state index contributed by atoms with van der Waals surface area (Å²) in [4.78, 5) is 4.72. The largest absolute Gasteiger partial charge is 0.297 e. The third-order valence-corrected chi connectivity index (χ3v) is 3.67. The van der Waals surface area contributed by atoms with Gasteiger partial charge in [0.2, 0.25) is 0 Å². The SMILES string of the molecule is Cc1ccc(CN2CCN(C(C)C#N)CC2)cc1. The fraction of sp³-hybridized carbons (Fsp3) is 0.533. The van der Waals surface area contributed by atoms with E-state index in [1.165, 1.54) is 11.1 Å². The molecule has 0 spiro atoms. The summed E-state index contributed by atoms with van der Waals surface area (Å²) in [5.74, 6) is 0. The summed E-state index contributed by atoms with van der Waals surface area (Å²) in [6, 6.07) is 11.1. The lowest BCUT2D eigenvalue weighted by molar-refractivity contribution is 0.114. The highest BCUT2D eigenvalue weighted by atomic mass is 15.3. The molecule has 1 aliphatic rings. The van der Waals surface area contributed by atoms with Crippen LogP contribution in [-0.2, 0) is 6.54 Å². The van der Waals surface area contributed by atoms with E-state index in [1.54, 1.807) is 0 Å². The molecule has 1 heterocycles. The second-order valence-electron chi connectivity index (χ2n) is 5.10. The van der Waals surface area contributed by atoms with Gasteiger partial charge < -0.3 is 0 Å². The van der Waals surface area contributed by atoms with Gasteiger partial charge in [-0.1, -0.05) is 29.8 Å². The molecule has 1 aromatic carbocycles. The van der Waals surface area contributed by atoms with Crippen molar-refractivity contribution < 1.29 is 0 Å². The van der Waals surface area contributed by atoms with Gasteiger partial charge in [0, 0.05) is 32.7 Å². The number of hydrogen-bond donors (Lipinski definition) is 0. The van der Waals surface area contributed by atoms with Gasteiger partial charge >= 0.3 is 0 Å². The molecular weight excluding hydrogens is 222 g/mol. The topological polar surface area (TPSA) is 30.3 Å². The van der Waals surface area contributed by atoms with Crippen LogP contribution < -0.4 is 0 Å². The molecule has 0 bridgehead atoms. The Balaban J connectivity index is 1.84. The van der Waals surface area contributed by atoms with Crippen molar-refractivity contribution in [1.29, 1.82) is 5.26 Å². The smallest absolute Gasteiger partial charge is 0.0950 e. The molecule has 3 heteroatoms. The van der Waals surface area contributed by atoms with Gasteiger partial charge in [-0.15, -0.1) is 0 Å². The van der Waals surface area contributed by atoms with E-state index >= 15 is 0 Å². The zero-order chi connectivity index (χ0) is 13.0. The molecule has 0 amide bonds. The highest BCUT2D eigenvalue weighted by Gasteiger charge is 2.20. The number of nitrogens with zero attached hydrogens (tertiary/aromatic N) is 3. The fourth-order valence-corrected chi connectivity index (χ4v) is 2.34. The van der Waals surface area contributed by atoms with Crippen LogP contribution in [0.3, 0.4) is 0 Å². The van der Waals surface area contributed by atoms with E-state index in [2.05, 4.69) is 47.1 Å². The highest BCUT2D eigenvalue weighted by molar-refractivity contribution is 5.21. The van der Waals surface area contributed by atoms with Gasteiger partial charge in [-0.2, -0.15) is 5.26 Å². The molecule has 0 radical (unpaired) electrons. The van der Waals surface area contributed by atoms with Crippen molar-refractivity contribution in [2.45, 2.75) is 26.4 Å². The van der Waals surface area contributed by atoms with E-state index < -0.39 is 0 Å². The van der Waals surface area contributed by atoms with E-state index in [1.807, 2.05) is 6.92 Å². The molecule has 1 aliphatic heterocycles. The average Bonchev–Trinajstić information content (AvgIpc) is 2.41. The molecular formula is C15H21N3. The summed E-state index contributed by atoms with van der Waals surface area (Å²) >= 11 is 0. The van der Waals surface area contributed by atoms with E-state index in [9.17, 15) is 0 Å². The molecule has 18 heavy (non-hydrogen) atoms. The first-order chi connectivity index (χ1) is 8.69. The Morgan fingerprint density at radius 3 is 2.33 bits per heavy atom. The monoisotopic (exact) mass is 243 g/mol. The normalized spacial score (nSPS) is 19.4. The Hall–Kier alpha value is -1.37. The zero-order valence-electron chi connectivity index (χ0n) is 11.3. The van der Waals surface area contributed by atoms with E-state index in [0.29, 0.717) is 0 Å². The Kier molecular flexibility index (Phi) is 4.35. The summed E-state index contributed by atoms with van der Waals surface area (Å²) in [5, 5.41) is 8.91. The fourth-order valence-electron chi connectivity index (χ4n) is 2.34.